The molecule has 3 atom stereocenters. The third-order valence-electron chi connectivity index (χ3n) is 5.44. The van der Waals surface area contributed by atoms with Gasteiger partial charge in [0.1, 0.15) is 11.9 Å². The van der Waals surface area contributed by atoms with Crippen LogP contribution in [0, 0.1) is 11.7 Å². The Kier molecular flexibility index (Phi) is 6.18. The Morgan fingerprint density at radius 2 is 2.06 bits per heavy atom. The van der Waals surface area contributed by atoms with Gasteiger partial charge in [0.25, 0.3) is 5.91 Å². The van der Waals surface area contributed by atoms with Crippen LogP contribution >= 0.6 is 11.6 Å². The summed E-state index contributed by atoms with van der Waals surface area (Å²) in [6, 6.07) is 7.30. The summed E-state index contributed by atoms with van der Waals surface area (Å²) in [5, 5.41) is 8.73. The number of ether oxygens (including phenoxy) is 1. The lowest BCUT2D eigenvalue weighted by atomic mass is 10.0. The number of carbonyl (C=O) groups excluding carboxylic acids is 1. The van der Waals surface area contributed by atoms with Gasteiger partial charge in [0, 0.05) is 18.8 Å². The van der Waals surface area contributed by atoms with E-state index < -0.39 is 5.82 Å². The molecule has 0 N–H and O–H groups in total. The minimum atomic E-state index is -0.489. The van der Waals surface area contributed by atoms with Crippen molar-refractivity contribution in [3.63, 3.8) is 0 Å². The molecule has 1 aliphatic heterocycles. The highest BCUT2D eigenvalue weighted by atomic mass is 35.5. The van der Waals surface area contributed by atoms with Gasteiger partial charge in [-0.15, -0.1) is 0 Å². The fraction of sp³-hybridized carbons (Fsp3) is 0.364. The van der Waals surface area contributed by atoms with Gasteiger partial charge in [0.2, 0.25) is 5.88 Å². The highest BCUT2D eigenvalue weighted by Gasteiger charge is 2.40. The van der Waals surface area contributed by atoms with Crippen molar-refractivity contribution < 1.29 is 13.9 Å². The number of rotatable bonds is 6. The molecule has 3 unspecified atom stereocenters. The molecular formula is C22H23ClFN5O2. The van der Waals surface area contributed by atoms with Crippen LogP contribution in [0.5, 0.6) is 5.88 Å². The summed E-state index contributed by atoms with van der Waals surface area (Å²) >= 11 is 5.92. The molecule has 0 radical (unpaired) electrons. The second-order valence-electron chi connectivity index (χ2n) is 7.72. The van der Waals surface area contributed by atoms with E-state index >= 15 is 0 Å². The predicted octanol–water partition coefficient (Wildman–Crippen LogP) is 4.16. The minimum Gasteiger partial charge on any atom is -0.472 e. The minimum absolute atomic E-state index is 0.174. The molecule has 0 saturated carbocycles. The highest BCUT2D eigenvalue weighted by Crippen LogP contribution is 2.31. The first kappa shape index (κ1) is 21.2. The van der Waals surface area contributed by atoms with Crippen molar-refractivity contribution in [2.24, 2.45) is 5.92 Å². The molecule has 162 valence electrons. The summed E-state index contributed by atoms with van der Waals surface area (Å²) in [5.41, 5.74) is 0.651. The smallest absolute Gasteiger partial charge is 0.256 e. The van der Waals surface area contributed by atoms with E-state index in [4.69, 9.17) is 16.3 Å². The van der Waals surface area contributed by atoms with E-state index in [1.165, 1.54) is 41.6 Å². The molecule has 0 aliphatic carbocycles. The number of carbonyl (C=O) groups is 1. The van der Waals surface area contributed by atoms with Gasteiger partial charge >= 0.3 is 0 Å². The van der Waals surface area contributed by atoms with Crippen molar-refractivity contribution in [3.8, 4) is 11.6 Å². The van der Waals surface area contributed by atoms with Crippen molar-refractivity contribution >= 4 is 17.5 Å². The molecule has 9 heteroatoms. The van der Waals surface area contributed by atoms with Crippen molar-refractivity contribution in [2.75, 3.05) is 6.54 Å². The number of pyridine rings is 1. The Morgan fingerprint density at radius 1 is 1.29 bits per heavy atom. The molecule has 31 heavy (non-hydrogen) atoms. The monoisotopic (exact) mass is 443 g/mol. The van der Waals surface area contributed by atoms with Gasteiger partial charge in [0.15, 0.2) is 0 Å². The van der Waals surface area contributed by atoms with Crippen LogP contribution in [-0.4, -0.2) is 49.5 Å². The fourth-order valence-electron chi connectivity index (χ4n) is 4.04. The summed E-state index contributed by atoms with van der Waals surface area (Å²) in [6.45, 7) is 4.66. The maximum atomic E-state index is 14.1. The number of nitrogens with zero attached hydrogens (tertiary/aromatic N) is 5. The normalized spacial score (nSPS) is 19.4. The van der Waals surface area contributed by atoms with Gasteiger partial charge in [-0.25, -0.2) is 9.37 Å². The van der Waals surface area contributed by atoms with Crippen LogP contribution in [0.1, 0.15) is 37.0 Å². The van der Waals surface area contributed by atoms with Crippen LogP contribution < -0.4 is 4.74 Å². The summed E-state index contributed by atoms with van der Waals surface area (Å²) in [4.78, 5) is 20.9. The van der Waals surface area contributed by atoms with Crippen LogP contribution in [-0.2, 0) is 0 Å². The number of halogens is 2. The second-order valence-corrected chi connectivity index (χ2v) is 8.16. The van der Waals surface area contributed by atoms with Gasteiger partial charge in [0.05, 0.1) is 34.7 Å². The topological polar surface area (TPSA) is 73.1 Å². The first-order valence-electron chi connectivity index (χ1n) is 10.2. The molecule has 2 aromatic heterocycles. The van der Waals surface area contributed by atoms with Gasteiger partial charge in [-0.3, -0.25) is 4.79 Å². The van der Waals surface area contributed by atoms with Crippen molar-refractivity contribution in [2.45, 2.75) is 38.8 Å². The molecule has 1 fully saturated rings. The quantitative estimate of drug-likeness (QED) is 0.572. The maximum Gasteiger partial charge on any atom is 0.256 e. The zero-order valence-corrected chi connectivity index (χ0v) is 18.0. The van der Waals surface area contributed by atoms with Crippen LogP contribution in [0.3, 0.4) is 0 Å². The molecule has 1 aliphatic rings. The molecular weight excluding hydrogens is 421 g/mol. The molecule has 1 amide bonds. The second kappa shape index (κ2) is 9.01. The van der Waals surface area contributed by atoms with Crippen LogP contribution in [0.2, 0.25) is 5.02 Å². The average Bonchev–Trinajstić information content (AvgIpc) is 3.43. The molecule has 7 nitrogen and oxygen atoms in total. The Labute approximate surface area is 184 Å². The van der Waals surface area contributed by atoms with E-state index in [0.717, 1.165) is 6.42 Å². The van der Waals surface area contributed by atoms with E-state index in [1.54, 1.807) is 17.0 Å². The third-order valence-corrected chi connectivity index (χ3v) is 5.66. The third kappa shape index (κ3) is 4.54. The number of benzene rings is 1. The summed E-state index contributed by atoms with van der Waals surface area (Å²) < 4.78 is 20.2. The molecule has 4 rings (SSSR count). The number of likely N-dealkylation sites (tertiary alicyclic amines) is 1. The standard InChI is InChI=1S/C22H23ClFN5O2/c1-3-20(31-21-7-4-15(23)12-25-21)19-10-14(2)13-28(19)22(30)17-11-16(24)5-6-18(17)29-26-8-9-27-29/h4-9,11-12,14,19-20H,3,10,13H2,1-2H3. The largest absolute Gasteiger partial charge is 0.472 e. The van der Waals surface area contributed by atoms with E-state index in [2.05, 4.69) is 22.1 Å². The first-order chi connectivity index (χ1) is 15.0. The predicted molar refractivity (Wildman–Crippen MR) is 114 cm³/mol. The van der Waals surface area contributed by atoms with Gasteiger partial charge in [-0.2, -0.15) is 15.0 Å². The average molecular weight is 444 g/mol. The highest BCUT2D eigenvalue weighted by molar-refractivity contribution is 6.30. The SMILES string of the molecule is CCC(Oc1ccc(Cl)cn1)C1CC(C)CN1C(=O)c1cc(F)ccc1-n1nccn1. The molecule has 0 spiro atoms. The van der Waals surface area contributed by atoms with E-state index in [0.29, 0.717) is 29.6 Å². The number of hydrogen-bond donors (Lipinski definition) is 0. The van der Waals surface area contributed by atoms with Crippen LogP contribution in [0.4, 0.5) is 4.39 Å². The lowest BCUT2D eigenvalue weighted by Gasteiger charge is -2.31. The van der Waals surface area contributed by atoms with E-state index in [9.17, 15) is 9.18 Å². The number of aromatic nitrogens is 4. The summed E-state index contributed by atoms with van der Waals surface area (Å²) in [5.74, 6) is -0.0241. The van der Waals surface area contributed by atoms with E-state index in [1.807, 2.05) is 6.92 Å². The molecule has 3 aromatic rings. The van der Waals surface area contributed by atoms with Gasteiger partial charge in [-0.05, 0) is 43.0 Å². The molecule has 3 heterocycles. The number of hydrogen-bond acceptors (Lipinski definition) is 5. The lowest BCUT2D eigenvalue weighted by molar-refractivity contribution is 0.0536. The van der Waals surface area contributed by atoms with E-state index in [-0.39, 0.29) is 29.5 Å². The zero-order chi connectivity index (χ0) is 22.0. The Balaban J connectivity index is 1.64. The summed E-state index contributed by atoms with van der Waals surface area (Å²) in [7, 11) is 0. The Hall–Kier alpha value is -3.00. The zero-order valence-electron chi connectivity index (χ0n) is 17.3. The van der Waals surface area contributed by atoms with Crippen LogP contribution in [0.15, 0.2) is 48.9 Å². The van der Waals surface area contributed by atoms with Gasteiger partial charge < -0.3 is 9.64 Å². The van der Waals surface area contributed by atoms with Crippen LogP contribution in [0.25, 0.3) is 5.69 Å². The van der Waals surface area contributed by atoms with Crippen molar-refractivity contribution in [1.82, 2.24) is 24.9 Å². The van der Waals surface area contributed by atoms with Gasteiger partial charge in [-0.1, -0.05) is 25.4 Å². The molecule has 0 bridgehead atoms. The fourth-order valence-corrected chi connectivity index (χ4v) is 4.15. The summed E-state index contributed by atoms with van der Waals surface area (Å²) in [6.07, 6.45) is 5.75. The Bertz CT molecular complexity index is 1040. The lowest BCUT2D eigenvalue weighted by Crippen LogP contribution is -2.45. The molecule has 1 aromatic carbocycles. The maximum absolute atomic E-state index is 14.1. The Morgan fingerprint density at radius 3 is 2.74 bits per heavy atom. The van der Waals surface area contributed by atoms with Crippen molar-refractivity contribution in [3.05, 3.63) is 65.3 Å². The molecule has 1 saturated heterocycles. The number of amides is 1. The first-order valence-corrected chi connectivity index (χ1v) is 10.6. The van der Waals surface area contributed by atoms with Crippen molar-refractivity contribution in [1.29, 1.82) is 0 Å².